The molecule has 1 spiro atoms. The summed E-state index contributed by atoms with van der Waals surface area (Å²) in [5.74, 6) is 0.941. The molecule has 1 N–H and O–H groups in total. The Labute approximate surface area is 189 Å². The fraction of sp³-hybridized carbons (Fsp3) is 0.520. The van der Waals surface area contributed by atoms with E-state index in [4.69, 9.17) is 4.74 Å². The minimum absolute atomic E-state index is 0.186. The van der Waals surface area contributed by atoms with Gasteiger partial charge in [-0.3, -0.25) is 4.90 Å². The summed E-state index contributed by atoms with van der Waals surface area (Å²) in [7, 11) is -1.03. The van der Waals surface area contributed by atoms with Gasteiger partial charge >= 0.3 is 0 Å². The Bertz CT molecular complexity index is 1150. The number of likely N-dealkylation sites (N-methyl/N-ethyl adjacent to an activating group) is 1. The van der Waals surface area contributed by atoms with E-state index in [-0.39, 0.29) is 23.0 Å². The zero-order valence-electron chi connectivity index (χ0n) is 18.3. The first-order valence-electron chi connectivity index (χ1n) is 11.6. The highest BCUT2D eigenvalue weighted by Gasteiger charge is 2.84. The molecular formula is C25H29FN2O3S. The van der Waals surface area contributed by atoms with Crippen LogP contribution >= 0.6 is 0 Å². The molecular weight excluding hydrogens is 427 g/mol. The molecule has 0 amide bonds. The number of nitrogens with zero attached hydrogens (tertiary/aromatic N) is 1. The average Bonchev–Trinajstić information content (AvgIpc) is 3.55. The third-order valence-electron chi connectivity index (χ3n) is 8.21. The first-order valence-corrected chi connectivity index (χ1v) is 13.2. The normalized spacial score (nSPS) is 32.3. The third-order valence-corrected chi connectivity index (χ3v) is 10.2. The topological polar surface area (TPSA) is 58.4 Å². The van der Waals surface area contributed by atoms with Crippen molar-refractivity contribution in [1.82, 2.24) is 9.62 Å². The van der Waals surface area contributed by atoms with Crippen LogP contribution in [0.25, 0.3) is 0 Å². The summed E-state index contributed by atoms with van der Waals surface area (Å²) < 4.78 is 46.7. The number of likely N-dealkylation sites (tertiary alicyclic amines) is 1. The molecule has 3 aliphatic carbocycles. The summed E-state index contributed by atoms with van der Waals surface area (Å²) in [4.78, 5) is 2.43. The summed E-state index contributed by atoms with van der Waals surface area (Å²) in [5, 5.41) is -0.231. The largest absolute Gasteiger partial charge is 0.492 e. The molecule has 170 valence electrons. The second-order valence-electron chi connectivity index (χ2n) is 9.93. The first kappa shape index (κ1) is 20.6. The van der Waals surface area contributed by atoms with E-state index in [1.807, 2.05) is 12.1 Å². The maximum atomic E-state index is 13.8. The minimum Gasteiger partial charge on any atom is -0.492 e. The van der Waals surface area contributed by atoms with E-state index in [1.165, 1.54) is 17.2 Å². The molecule has 7 heteroatoms. The number of sulfonamides is 1. The van der Waals surface area contributed by atoms with E-state index in [1.54, 1.807) is 12.1 Å². The van der Waals surface area contributed by atoms with Gasteiger partial charge in [-0.15, -0.1) is 0 Å². The van der Waals surface area contributed by atoms with Crippen LogP contribution in [-0.4, -0.2) is 50.9 Å². The Hall–Kier alpha value is -1.96. The van der Waals surface area contributed by atoms with E-state index >= 15 is 0 Å². The number of fused-ring (bicyclic) bond motifs is 4. The van der Waals surface area contributed by atoms with Crippen molar-refractivity contribution >= 4 is 10.0 Å². The number of nitrogens with one attached hydrogen (secondary N) is 1. The molecule has 5 nitrogen and oxygen atoms in total. The lowest BCUT2D eigenvalue weighted by molar-refractivity contribution is 0.226. The number of halogens is 1. The van der Waals surface area contributed by atoms with Crippen molar-refractivity contribution in [2.45, 2.75) is 55.4 Å². The van der Waals surface area contributed by atoms with E-state index in [0.717, 1.165) is 43.4 Å². The summed E-state index contributed by atoms with van der Waals surface area (Å²) in [6.07, 6.45) is 4.41. The van der Waals surface area contributed by atoms with Crippen LogP contribution < -0.4 is 9.46 Å². The lowest BCUT2D eigenvalue weighted by Gasteiger charge is -2.29. The van der Waals surface area contributed by atoms with Gasteiger partial charge in [0, 0.05) is 24.0 Å². The summed E-state index contributed by atoms with van der Waals surface area (Å²) in [5.41, 5.74) is 3.99. The van der Waals surface area contributed by atoms with Crippen LogP contribution in [0.3, 0.4) is 0 Å². The first-order chi connectivity index (χ1) is 15.4. The number of benzene rings is 2. The van der Waals surface area contributed by atoms with Crippen LogP contribution in [-0.2, 0) is 22.9 Å². The zero-order valence-corrected chi connectivity index (χ0v) is 19.1. The van der Waals surface area contributed by atoms with Crippen molar-refractivity contribution in [3.63, 3.8) is 0 Å². The van der Waals surface area contributed by atoms with Crippen LogP contribution in [0.2, 0.25) is 0 Å². The fourth-order valence-corrected chi connectivity index (χ4v) is 7.85. The Morgan fingerprint density at radius 3 is 2.69 bits per heavy atom. The van der Waals surface area contributed by atoms with Gasteiger partial charge < -0.3 is 4.74 Å². The van der Waals surface area contributed by atoms with E-state index in [0.29, 0.717) is 24.6 Å². The van der Waals surface area contributed by atoms with Gasteiger partial charge in [-0.25, -0.2) is 17.5 Å². The van der Waals surface area contributed by atoms with Crippen LogP contribution in [0.4, 0.5) is 4.39 Å². The lowest BCUT2D eigenvalue weighted by atomic mass is 9.81. The van der Waals surface area contributed by atoms with Crippen LogP contribution in [0.15, 0.2) is 42.5 Å². The molecule has 0 aromatic heterocycles. The van der Waals surface area contributed by atoms with Crippen molar-refractivity contribution in [1.29, 1.82) is 0 Å². The predicted molar refractivity (Wildman–Crippen MR) is 121 cm³/mol. The van der Waals surface area contributed by atoms with Gasteiger partial charge in [-0.2, -0.15) is 0 Å². The average molecular weight is 457 g/mol. The van der Waals surface area contributed by atoms with Gasteiger partial charge in [-0.05, 0) is 79.6 Å². The van der Waals surface area contributed by atoms with Gasteiger partial charge in [-0.1, -0.05) is 24.6 Å². The van der Waals surface area contributed by atoms with Crippen molar-refractivity contribution in [2.75, 3.05) is 20.2 Å². The summed E-state index contributed by atoms with van der Waals surface area (Å²) >= 11 is 0. The summed E-state index contributed by atoms with van der Waals surface area (Å²) in [6, 6.07) is 14.5. The summed E-state index contributed by atoms with van der Waals surface area (Å²) in [6.45, 7) is 0.583. The molecule has 0 bridgehead atoms. The quantitative estimate of drug-likeness (QED) is 0.490. The Balaban J connectivity index is 1.16. The van der Waals surface area contributed by atoms with E-state index in [2.05, 4.69) is 28.8 Å². The lowest BCUT2D eigenvalue weighted by Crippen LogP contribution is -2.40. The van der Waals surface area contributed by atoms with Crippen LogP contribution in [0.5, 0.6) is 5.75 Å². The number of hydrogen-bond donors (Lipinski definition) is 1. The third kappa shape index (κ3) is 3.20. The molecule has 2 aromatic rings. The Morgan fingerprint density at radius 1 is 1.19 bits per heavy atom. The van der Waals surface area contributed by atoms with Crippen LogP contribution in [0.1, 0.15) is 41.9 Å². The monoisotopic (exact) mass is 456 g/mol. The number of rotatable bonds is 8. The Kier molecular flexibility index (Phi) is 4.69. The van der Waals surface area contributed by atoms with Crippen molar-refractivity contribution in [2.24, 2.45) is 5.41 Å². The highest BCUT2D eigenvalue weighted by Crippen LogP contribution is 2.76. The highest BCUT2D eigenvalue weighted by molar-refractivity contribution is 7.90. The van der Waals surface area contributed by atoms with Crippen molar-refractivity contribution in [3.05, 3.63) is 65.0 Å². The molecule has 2 aromatic carbocycles. The van der Waals surface area contributed by atoms with Crippen molar-refractivity contribution in [3.8, 4) is 5.75 Å². The van der Waals surface area contributed by atoms with E-state index in [9.17, 15) is 12.8 Å². The highest BCUT2D eigenvalue weighted by atomic mass is 32.2. The zero-order chi connectivity index (χ0) is 22.1. The second-order valence-corrected chi connectivity index (χ2v) is 12.0. The molecule has 3 fully saturated rings. The predicted octanol–water partition coefficient (Wildman–Crippen LogP) is 3.24. The molecule has 1 aliphatic heterocycles. The Morgan fingerprint density at radius 2 is 2.00 bits per heavy atom. The van der Waals surface area contributed by atoms with Gasteiger partial charge in [0.2, 0.25) is 10.0 Å². The molecule has 6 rings (SSSR count). The minimum atomic E-state index is -3.21. The molecule has 0 radical (unpaired) electrons. The SMILES string of the molecule is CN1C2C1C21Cc2ccc(OCCNS(=O)(=O)C3CCC3)cc2C1Cc1cccc(F)c1. The molecule has 32 heavy (non-hydrogen) atoms. The fourth-order valence-electron chi connectivity index (χ4n) is 6.30. The number of ether oxygens (including phenoxy) is 1. The maximum Gasteiger partial charge on any atom is 0.214 e. The smallest absolute Gasteiger partial charge is 0.214 e. The molecule has 3 atom stereocenters. The maximum absolute atomic E-state index is 13.8. The molecule has 1 saturated heterocycles. The van der Waals surface area contributed by atoms with Crippen LogP contribution in [0, 0.1) is 11.2 Å². The van der Waals surface area contributed by atoms with Gasteiger partial charge in [0.1, 0.15) is 18.2 Å². The number of hydrogen-bond acceptors (Lipinski definition) is 4. The standard InChI is InChI=1S/C25H29FN2O3S/c1-28-23-24(28)25(23)15-17-8-9-19(31-11-10-27-32(29,30)20-6-3-7-20)14-21(17)22(25)13-16-4-2-5-18(26)12-16/h2,4-5,8-9,12,14,20,22-24,27H,3,6-7,10-11,13,15H2,1H3. The van der Waals surface area contributed by atoms with Gasteiger partial charge in [0.25, 0.3) is 0 Å². The van der Waals surface area contributed by atoms with Crippen molar-refractivity contribution < 1.29 is 17.5 Å². The molecule has 1 heterocycles. The molecule has 2 saturated carbocycles. The van der Waals surface area contributed by atoms with Gasteiger partial charge in [0.05, 0.1) is 5.25 Å². The molecule has 4 aliphatic rings. The second kappa shape index (κ2) is 7.27. The van der Waals surface area contributed by atoms with Gasteiger partial charge in [0.15, 0.2) is 0 Å². The molecule has 3 unspecified atom stereocenters. The van der Waals surface area contributed by atoms with E-state index < -0.39 is 10.0 Å².